The van der Waals surface area contributed by atoms with Crippen molar-refractivity contribution in [3.8, 4) is 5.75 Å². The molecule has 0 bridgehead atoms. The SMILES string of the molecule is COC(=O)[C@H]1CCCCN1CC(=O)N1c2ccccc2OC[C@@H]1c1ccccc1. The molecular formula is C23H26N2O4. The molecule has 4 rings (SSSR count). The van der Waals surface area contributed by atoms with Gasteiger partial charge in [0.1, 0.15) is 18.4 Å². The molecule has 2 aliphatic rings. The minimum absolute atomic E-state index is 0.0367. The van der Waals surface area contributed by atoms with E-state index in [1.807, 2.05) is 64.4 Å². The zero-order chi connectivity index (χ0) is 20.2. The van der Waals surface area contributed by atoms with E-state index in [0.29, 0.717) is 18.9 Å². The summed E-state index contributed by atoms with van der Waals surface area (Å²) in [5, 5.41) is 0. The molecule has 0 radical (unpaired) electrons. The van der Waals surface area contributed by atoms with Crippen molar-refractivity contribution in [3.05, 3.63) is 60.2 Å². The molecule has 29 heavy (non-hydrogen) atoms. The number of esters is 1. The minimum Gasteiger partial charge on any atom is -0.489 e. The summed E-state index contributed by atoms with van der Waals surface area (Å²) in [6, 6.07) is 17.0. The number of hydrogen-bond donors (Lipinski definition) is 0. The molecule has 6 nitrogen and oxygen atoms in total. The van der Waals surface area contributed by atoms with Gasteiger partial charge in [-0.25, -0.2) is 0 Å². The Bertz CT molecular complexity index is 870. The van der Waals surface area contributed by atoms with Gasteiger partial charge in [-0.05, 0) is 37.1 Å². The van der Waals surface area contributed by atoms with Gasteiger partial charge in [0, 0.05) is 0 Å². The van der Waals surface area contributed by atoms with Crippen molar-refractivity contribution in [3.63, 3.8) is 0 Å². The molecule has 0 aliphatic carbocycles. The Balaban J connectivity index is 1.63. The number of ether oxygens (including phenoxy) is 2. The molecule has 0 spiro atoms. The van der Waals surface area contributed by atoms with E-state index >= 15 is 0 Å². The summed E-state index contributed by atoms with van der Waals surface area (Å²) in [7, 11) is 1.40. The standard InChI is InChI=1S/C23H26N2O4/c1-28-23(27)19-12-7-8-14-24(19)15-22(26)25-18-11-5-6-13-21(18)29-16-20(25)17-9-3-2-4-10-17/h2-6,9-11,13,19-20H,7-8,12,14-16H2,1H3/t19-,20-/m1/s1. The first-order valence-corrected chi connectivity index (χ1v) is 10.1. The highest BCUT2D eigenvalue weighted by atomic mass is 16.5. The van der Waals surface area contributed by atoms with Crippen LogP contribution in [-0.2, 0) is 14.3 Å². The van der Waals surface area contributed by atoms with Crippen LogP contribution in [0.25, 0.3) is 0 Å². The minimum atomic E-state index is -0.357. The third kappa shape index (κ3) is 3.98. The first-order valence-electron chi connectivity index (χ1n) is 10.1. The number of anilines is 1. The average Bonchev–Trinajstić information content (AvgIpc) is 2.78. The van der Waals surface area contributed by atoms with Gasteiger partial charge in [-0.2, -0.15) is 0 Å². The summed E-state index contributed by atoms with van der Waals surface area (Å²) in [4.78, 5) is 29.5. The topological polar surface area (TPSA) is 59.1 Å². The number of nitrogens with zero attached hydrogens (tertiary/aromatic N) is 2. The molecule has 0 unspecified atom stereocenters. The molecule has 2 aliphatic heterocycles. The molecule has 2 heterocycles. The molecular weight excluding hydrogens is 368 g/mol. The van der Waals surface area contributed by atoms with Gasteiger partial charge in [0.15, 0.2) is 0 Å². The van der Waals surface area contributed by atoms with Crippen molar-refractivity contribution in [2.24, 2.45) is 0 Å². The Morgan fingerprint density at radius 1 is 1.07 bits per heavy atom. The number of fused-ring (bicyclic) bond motifs is 1. The van der Waals surface area contributed by atoms with Gasteiger partial charge in [0.2, 0.25) is 5.91 Å². The first-order chi connectivity index (χ1) is 14.2. The van der Waals surface area contributed by atoms with Crippen molar-refractivity contribution < 1.29 is 19.1 Å². The number of hydrogen-bond acceptors (Lipinski definition) is 5. The third-order valence-electron chi connectivity index (χ3n) is 5.71. The first kappa shape index (κ1) is 19.5. The number of methoxy groups -OCH3 is 1. The molecule has 2 aromatic carbocycles. The molecule has 1 fully saturated rings. The highest BCUT2D eigenvalue weighted by molar-refractivity contribution is 5.97. The van der Waals surface area contributed by atoms with Crippen LogP contribution in [0.1, 0.15) is 30.9 Å². The van der Waals surface area contributed by atoms with Crippen LogP contribution in [0.15, 0.2) is 54.6 Å². The fourth-order valence-corrected chi connectivity index (χ4v) is 4.25. The van der Waals surface area contributed by atoms with Crippen molar-refractivity contribution in [1.29, 1.82) is 0 Å². The molecule has 0 aromatic heterocycles. The van der Waals surface area contributed by atoms with E-state index in [1.165, 1.54) is 7.11 Å². The van der Waals surface area contributed by atoms with Crippen LogP contribution in [-0.4, -0.2) is 49.6 Å². The van der Waals surface area contributed by atoms with Gasteiger partial charge in [0.05, 0.1) is 25.4 Å². The second-order valence-electron chi connectivity index (χ2n) is 7.47. The maximum Gasteiger partial charge on any atom is 0.323 e. The number of piperidine rings is 1. The molecule has 152 valence electrons. The van der Waals surface area contributed by atoms with E-state index in [1.54, 1.807) is 0 Å². The van der Waals surface area contributed by atoms with E-state index in [0.717, 1.165) is 30.5 Å². The Morgan fingerprint density at radius 2 is 1.83 bits per heavy atom. The lowest BCUT2D eigenvalue weighted by Crippen LogP contribution is -2.52. The van der Waals surface area contributed by atoms with Crippen LogP contribution >= 0.6 is 0 Å². The lowest BCUT2D eigenvalue weighted by Gasteiger charge is -2.40. The molecule has 2 aromatic rings. The smallest absolute Gasteiger partial charge is 0.323 e. The fraction of sp³-hybridized carbons (Fsp3) is 0.391. The predicted octanol–water partition coefficient (Wildman–Crippen LogP) is 3.18. The number of carbonyl (C=O) groups is 2. The number of amides is 1. The number of rotatable bonds is 4. The Hall–Kier alpha value is -2.86. The second-order valence-corrected chi connectivity index (χ2v) is 7.47. The summed E-state index contributed by atoms with van der Waals surface area (Å²) in [6.07, 6.45) is 2.67. The largest absolute Gasteiger partial charge is 0.489 e. The van der Waals surface area contributed by atoms with E-state index < -0.39 is 0 Å². The second kappa shape index (κ2) is 8.66. The monoisotopic (exact) mass is 394 g/mol. The Labute approximate surface area is 171 Å². The van der Waals surface area contributed by atoms with Gasteiger partial charge in [-0.1, -0.05) is 48.9 Å². The maximum absolute atomic E-state index is 13.5. The Morgan fingerprint density at radius 3 is 2.62 bits per heavy atom. The third-order valence-corrected chi connectivity index (χ3v) is 5.71. The van der Waals surface area contributed by atoms with E-state index in [2.05, 4.69) is 0 Å². The van der Waals surface area contributed by atoms with Crippen molar-refractivity contribution in [1.82, 2.24) is 4.90 Å². The predicted molar refractivity (Wildman–Crippen MR) is 110 cm³/mol. The highest BCUT2D eigenvalue weighted by Crippen LogP contribution is 2.39. The van der Waals surface area contributed by atoms with Crippen LogP contribution in [0.3, 0.4) is 0 Å². The van der Waals surface area contributed by atoms with Gasteiger partial charge in [-0.3, -0.25) is 19.4 Å². The van der Waals surface area contributed by atoms with Crippen molar-refractivity contribution in [2.45, 2.75) is 31.3 Å². The van der Waals surface area contributed by atoms with Gasteiger partial charge >= 0.3 is 5.97 Å². The van der Waals surface area contributed by atoms with Crippen molar-refractivity contribution >= 4 is 17.6 Å². The maximum atomic E-state index is 13.5. The van der Waals surface area contributed by atoms with Crippen LogP contribution in [0.5, 0.6) is 5.75 Å². The lowest BCUT2D eigenvalue weighted by molar-refractivity contribution is -0.148. The molecule has 0 N–H and O–H groups in total. The van der Waals surface area contributed by atoms with Crippen molar-refractivity contribution in [2.75, 3.05) is 31.7 Å². The number of para-hydroxylation sites is 2. The molecule has 1 amide bonds. The van der Waals surface area contributed by atoms with Gasteiger partial charge < -0.3 is 9.47 Å². The summed E-state index contributed by atoms with van der Waals surface area (Å²) >= 11 is 0. The summed E-state index contributed by atoms with van der Waals surface area (Å²) in [5.74, 6) is 0.404. The fourth-order valence-electron chi connectivity index (χ4n) is 4.25. The number of likely N-dealkylation sites (tertiary alicyclic amines) is 1. The summed E-state index contributed by atoms with van der Waals surface area (Å²) in [5.41, 5.74) is 1.79. The molecule has 2 atom stereocenters. The molecule has 0 saturated carbocycles. The van der Waals surface area contributed by atoms with E-state index in [9.17, 15) is 9.59 Å². The zero-order valence-electron chi connectivity index (χ0n) is 16.6. The summed E-state index contributed by atoms with van der Waals surface area (Å²) < 4.78 is 10.9. The van der Waals surface area contributed by atoms with Gasteiger partial charge in [-0.15, -0.1) is 0 Å². The highest BCUT2D eigenvalue weighted by Gasteiger charge is 2.37. The zero-order valence-corrected chi connectivity index (χ0v) is 16.6. The van der Waals surface area contributed by atoms with E-state index in [4.69, 9.17) is 9.47 Å². The normalized spacial score (nSPS) is 21.8. The van der Waals surface area contributed by atoms with Crippen LogP contribution in [0, 0.1) is 0 Å². The van der Waals surface area contributed by atoms with Crippen LogP contribution < -0.4 is 9.64 Å². The molecule has 1 saturated heterocycles. The van der Waals surface area contributed by atoms with Crippen LogP contribution in [0.2, 0.25) is 0 Å². The quantitative estimate of drug-likeness (QED) is 0.746. The molecule has 6 heteroatoms. The number of carbonyl (C=O) groups excluding carboxylic acids is 2. The van der Waals surface area contributed by atoms with E-state index in [-0.39, 0.29) is 30.5 Å². The summed E-state index contributed by atoms with van der Waals surface area (Å²) in [6.45, 7) is 1.29. The average molecular weight is 394 g/mol. The number of benzene rings is 2. The lowest BCUT2D eigenvalue weighted by atomic mass is 10.0. The Kier molecular flexibility index (Phi) is 5.81. The van der Waals surface area contributed by atoms with Crippen LogP contribution in [0.4, 0.5) is 5.69 Å². The van der Waals surface area contributed by atoms with Gasteiger partial charge in [0.25, 0.3) is 0 Å².